The fraction of sp³-hybridized carbons (Fsp3) is 0. The third kappa shape index (κ3) is 14.7. The van der Waals surface area contributed by atoms with E-state index in [9.17, 15) is 28.0 Å². The average Bonchev–Trinajstić information content (AvgIpc) is 0.688. The molecule has 10 nitrogen and oxygen atoms in total. The molecule has 12 aromatic rings. The van der Waals surface area contributed by atoms with Crippen molar-refractivity contribution < 1.29 is 111 Å². The first kappa shape index (κ1) is 73.2. The van der Waals surface area contributed by atoms with Gasteiger partial charge in [0.2, 0.25) is 0 Å². The number of benzene rings is 12. The smallest absolute Gasteiger partial charge is 1.00 e. The fourth-order valence-electron chi connectivity index (χ4n) is 12.6. The Morgan fingerprint density at radius 3 is 0.531 bits per heavy atom. The molecular formula is C78H64Ag2Cl2O10P4. The SMILES string of the molecule is O=C(C=P(c1ccccc1)(c1ccccc1)c1ccccc1)[CH-]P(O[Cl+3]([O-])([O-])[O-])(c1ccccc1)(c1ccccc1)c1ccccc1.O=C(C=P(c1ccccc1)(c1ccccc1)c1ccccc1)[CH-]P(O[Cl+3]([O-])([O-])[O-])(c1ccccc1)(c1ccccc1)c1ccccc1.[Ag+].[Ag+]. The van der Waals surface area contributed by atoms with Crippen molar-refractivity contribution in [1.29, 1.82) is 0 Å². The van der Waals surface area contributed by atoms with Crippen LogP contribution in [0.25, 0.3) is 0 Å². The molecule has 96 heavy (non-hydrogen) atoms. The molecule has 0 saturated carbocycles. The summed E-state index contributed by atoms with van der Waals surface area (Å²) in [7, 11) is -10.1. The summed E-state index contributed by atoms with van der Waals surface area (Å²) in [6, 6.07) is 111. The molecule has 18 heteroatoms. The van der Waals surface area contributed by atoms with Gasteiger partial charge in [0.1, 0.15) is 0 Å². The van der Waals surface area contributed by atoms with Gasteiger partial charge < -0.3 is 0 Å². The molecule has 0 aromatic heterocycles. The molecule has 0 spiro atoms. The molecule has 492 valence electrons. The molecule has 0 unspecified atom stereocenters. The van der Waals surface area contributed by atoms with Crippen molar-refractivity contribution in [1.82, 2.24) is 0 Å². The first-order valence-corrected chi connectivity index (χ1v) is 40.4. The summed E-state index contributed by atoms with van der Waals surface area (Å²) in [5, 5.41) is 8.01. The fourth-order valence-corrected chi connectivity index (χ4v) is 33.7. The van der Waals surface area contributed by atoms with Gasteiger partial charge in [-0.25, -0.2) is 0 Å². The van der Waals surface area contributed by atoms with E-state index in [4.69, 9.17) is 8.15 Å². The Bertz CT molecular complexity index is 3880. The average molecular weight is 1570 g/mol. The number of carbonyl (C=O) groups excluding carboxylic acids is 2. The van der Waals surface area contributed by atoms with Crippen LogP contribution in [0, 0.1) is 32.8 Å². The quantitative estimate of drug-likeness (QED) is 0.0460. The van der Waals surface area contributed by atoms with Gasteiger partial charge in [-0.3, -0.25) is 0 Å². The zero-order valence-corrected chi connectivity index (χ0v) is 59.2. The van der Waals surface area contributed by atoms with Crippen LogP contribution in [0.15, 0.2) is 364 Å². The van der Waals surface area contributed by atoms with Crippen LogP contribution >= 0.6 is 27.4 Å². The van der Waals surface area contributed by atoms with Crippen LogP contribution in [0.2, 0.25) is 0 Å². The predicted octanol–water partition coefficient (Wildman–Crippen LogP) is 5.74. The Morgan fingerprint density at radius 2 is 0.396 bits per heavy atom. The molecule has 0 radical (unpaired) electrons. The second kappa shape index (κ2) is 31.6. The maximum absolute atomic E-state index is 15.2. The Kier molecular flexibility index (Phi) is 24.1. The Balaban J connectivity index is 0.000000221. The molecule has 0 atom stereocenters. The molecule has 0 fully saturated rings. The molecule has 0 aliphatic rings. The van der Waals surface area contributed by atoms with Crippen LogP contribution in [-0.4, -0.2) is 23.2 Å². The van der Waals surface area contributed by atoms with Gasteiger partial charge in [0, 0.05) is 0 Å². The Morgan fingerprint density at radius 1 is 0.260 bits per heavy atom. The van der Waals surface area contributed by atoms with Crippen LogP contribution in [-0.2, 0) is 62.5 Å². The summed E-state index contributed by atoms with van der Waals surface area (Å²) < 4.78 is 90.0. The van der Waals surface area contributed by atoms with Gasteiger partial charge in [-0.05, 0) is 0 Å². The van der Waals surface area contributed by atoms with E-state index in [1.54, 1.807) is 194 Å². The molecule has 0 amide bonds. The van der Waals surface area contributed by atoms with Gasteiger partial charge in [-0.1, -0.05) is 0 Å². The van der Waals surface area contributed by atoms with E-state index >= 15 is 9.59 Å². The first-order chi connectivity index (χ1) is 45.5. The summed E-state index contributed by atoms with van der Waals surface area (Å²) >= 11 is 0. The minimum Gasteiger partial charge on any atom is 1.00 e. The molecular weight excluding hydrogens is 1510 g/mol. The first-order valence-electron chi connectivity index (χ1n) is 29.8. The van der Waals surface area contributed by atoms with E-state index < -0.39 is 59.5 Å². The van der Waals surface area contributed by atoms with Gasteiger partial charge >= 0.3 is 601 Å². The van der Waals surface area contributed by atoms with Crippen LogP contribution < -0.4 is 91.6 Å². The maximum atomic E-state index is 15.2. The van der Waals surface area contributed by atoms with Crippen LogP contribution in [0.3, 0.4) is 0 Å². The van der Waals surface area contributed by atoms with E-state index in [0.29, 0.717) is 31.8 Å². The second-order valence-corrected chi connectivity index (χ2v) is 39.0. The molecule has 0 aliphatic carbocycles. The number of carbonyl (C=O) groups is 2. The van der Waals surface area contributed by atoms with E-state index in [1.807, 2.05) is 182 Å². The Hall–Kier alpha value is -7.08. The zero-order chi connectivity index (χ0) is 65.6. The van der Waals surface area contributed by atoms with Crippen molar-refractivity contribution in [2.24, 2.45) is 0 Å². The van der Waals surface area contributed by atoms with E-state index in [-0.39, 0.29) is 44.8 Å². The molecule has 0 aliphatic heterocycles. The topological polar surface area (TPSA) is 191 Å². The van der Waals surface area contributed by atoms with Gasteiger partial charge in [0.05, 0.1) is 0 Å². The predicted molar refractivity (Wildman–Crippen MR) is 374 cm³/mol. The van der Waals surface area contributed by atoms with E-state index in [0.717, 1.165) is 31.8 Å². The summed E-state index contributed by atoms with van der Waals surface area (Å²) in [4.78, 5) is 30.3. The monoisotopic (exact) mass is 1570 g/mol. The number of hydrogen-bond acceptors (Lipinski definition) is 10. The molecule has 12 aromatic carbocycles. The van der Waals surface area contributed by atoms with Crippen molar-refractivity contribution in [2.75, 3.05) is 0 Å². The number of halogens is 2. The number of Topliss-reactive ketones (excluding diaryl/α,β-unsaturated/α-hetero) is 2. The molecule has 0 saturated heterocycles. The standard InChI is InChI=1S/2C39H32ClO5P2.2Ag/c2*41-33(31-46(34-19-7-1-8-20-34,35-21-9-2-10-22-35)36-23-11-3-12-24-36)32-47(45-40(42,43)44,37-25-13-4-14-26-37,38-27-15-5-16-28-38)39-29-17-6-18-30-39;;/h2*1-32H;;/q2*-1;2*+1. The number of rotatable bonds is 22. The number of ketones is 2. The minimum atomic E-state index is -5.06. The summed E-state index contributed by atoms with van der Waals surface area (Å²) in [6.07, 6.45) is 2.77. The van der Waals surface area contributed by atoms with Crippen LogP contribution in [0.4, 0.5) is 0 Å². The zero-order valence-electron chi connectivity index (χ0n) is 51.2. The van der Waals surface area contributed by atoms with Gasteiger partial charge in [0.15, 0.2) is 0 Å². The van der Waals surface area contributed by atoms with Crippen molar-refractivity contribution in [3.63, 3.8) is 0 Å². The van der Waals surface area contributed by atoms with E-state index in [2.05, 4.69) is 0 Å². The third-order valence-electron chi connectivity index (χ3n) is 16.4. The molecule has 0 N–H and O–H groups in total. The number of hydrogen-bond donors (Lipinski definition) is 0. The van der Waals surface area contributed by atoms with Crippen LogP contribution in [0.5, 0.6) is 0 Å². The second-order valence-electron chi connectivity index (χ2n) is 21.9. The van der Waals surface area contributed by atoms with E-state index in [1.165, 1.54) is 12.3 Å². The van der Waals surface area contributed by atoms with Crippen LogP contribution in [0.1, 0.15) is 0 Å². The summed E-state index contributed by atoms with van der Waals surface area (Å²) in [5.74, 6) is 2.51. The molecule has 0 heterocycles. The van der Waals surface area contributed by atoms with Gasteiger partial charge in [-0.2, -0.15) is 0 Å². The summed E-state index contributed by atoms with van der Waals surface area (Å²) in [5.41, 5.74) is 0. The van der Waals surface area contributed by atoms with Crippen molar-refractivity contribution in [2.45, 2.75) is 0 Å². The van der Waals surface area contributed by atoms with Crippen molar-refractivity contribution in [3.8, 4) is 0 Å². The van der Waals surface area contributed by atoms with Crippen molar-refractivity contribution >= 4 is 114 Å². The normalized spacial score (nSPS) is 12.5. The maximum Gasteiger partial charge on any atom is 1.00 e. The van der Waals surface area contributed by atoms with Gasteiger partial charge in [0.25, 0.3) is 0 Å². The largest absolute Gasteiger partial charge is 1.00 e. The van der Waals surface area contributed by atoms with Gasteiger partial charge in [-0.15, -0.1) is 0 Å². The Labute approximate surface area is 596 Å². The summed E-state index contributed by atoms with van der Waals surface area (Å²) in [6.45, 7) is -15.7. The molecule has 0 bridgehead atoms. The van der Waals surface area contributed by atoms with Crippen molar-refractivity contribution in [3.05, 3.63) is 376 Å². The minimum absolute atomic E-state index is 0. The third-order valence-corrected chi connectivity index (χ3v) is 37.5. The molecule has 12 rings (SSSR count).